The second kappa shape index (κ2) is 8.93. The number of nitrogen functional groups attached to an aromatic ring is 1. The van der Waals surface area contributed by atoms with Gasteiger partial charge in [0.2, 0.25) is 0 Å². The van der Waals surface area contributed by atoms with Gasteiger partial charge in [-0.15, -0.1) is 0 Å². The number of alkyl halides is 3. The molecule has 1 aromatic rings. The molecule has 0 saturated heterocycles. The smallest absolute Gasteiger partial charge is 0.395 e. The molecule has 0 amide bonds. The lowest BCUT2D eigenvalue weighted by Gasteiger charge is -2.21. The van der Waals surface area contributed by atoms with Crippen molar-refractivity contribution in [3.63, 3.8) is 0 Å². The maximum Gasteiger partial charge on any atom is 0.395 e. The summed E-state index contributed by atoms with van der Waals surface area (Å²) in [5.74, 6) is -2.17. The van der Waals surface area contributed by atoms with E-state index >= 15 is 0 Å². The summed E-state index contributed by atoms with van der Waals surface area (Å²) in [5, 5.41) is 15.8. The van der Waals surface area contributed by atoms with Crippen molar-refractivity contribution in [2.75, 3.05) is 17.2 Å². The summed E-state index contributed by atoms with van der Waals surface area (Å²) in [6.07, 6.45) is -3.42. The van der Waals surface area contributed by atoms with Crippen LogP contribution in [-0.2, 0) is 4.79 Å². The maximum absolute atomic E-state index is 13.3. The Bertz CT molecular complexity index is 582. The summed E-state index contributed by atoms with van der Waals surface area (Å²) < 4.78 is 39.9. The first-order valence-corrected chi connectivity index (χ1v) is 8.35. The van der Waals surface area contributed by atoms with E-state index < -0.39 is 24.1 Å². The third-order valence-corrected chi connectivity index (χ3v) is 4.55. The summed E-state index contributed by atoms with van der Waals surface area (Å²) in [5.41, 5.74) is 11.5. The Hall–Kier alpha value is -1.74. The van der Waals surface area contributed by atoms with Gasteiger partial charge in [-0.2, -0.15) is 24.9 Å². The standard InChI is InChI=1S/C15H20F3N3O2S/c16-15(17,18)11(3-5-24-6-4-13(21)14(22)23)9-1-2-12(20)10(7-9)8-19/h1-2,7-8,11,13,19H,3-6,20-21H2,(H,22,23). The average molecular weight is 363 g/mol. The van der Waals surface area contributed by atoms with Gasteiger partial charge in [-0.3, -0.25) is 4.79 Å². The molecule has 0 bridgehead atoms. The Morgan fingerprint density at radius 1 is 1.33 bits per heavy atom. The van der Waals surface area contributed by atoms with Crippen LogP contribution in [0, 0.1) is 5.41 Å². The largest absolute Gasteiger partial charge is 0.480 e. The molecule has 0 aliphatic heterocycles. The predicted octanol–water partition coefficient (Wildman–Crippen LogP) is 2.84. The van der Waals surface area contributed by atoms with E-state index in [0.717, 1.165) is 6.21 Å². The highest BCUT2D eigenvalue weighted by Crippen LogP contribution is 2.38. The first-order valence-electron chi connectivity index (χ1n) is 7.19. The number of nitrogens with two attached hydrogens (primary N) is 2. The third kappa shape index (κ3) is 6.04. The molecule has 0 saturated carbocycles. The SMILES string of the molecule is N=Cc1cc(C(CCSCCC(N)C(=O)O)C(F)(F)F)ccc1N. The molecule has 0 aromatic heterocycles. The van der Waals surface area contributed by atoms with E-state index in [1.165, 1.54) is 30.0 Å². The summed E-state index contributed by atoms with van der Waals surface area (Å²) in [7, 11) is 0. The van der Waals surface area contributed by atoms with Crippen LogP contribution in [0.15, 0.2) is 18.2 Å². The van der Waals surface area contributed by atoms with Crippen LogP contribution in [0.1, 0.15) is 29.9 Å². The van der Waals surface area contributed by atoms with Crippen LogP contribution in [0.2, 0.25) is 0 Å². The molecule has 0 heterocycles. The van der Waals surface area contributed by atoms with Crippen molar-refractivity contribution in [2.45, 2.75) is 31.0 Å². The molecule has 1 aromatic carbocycles. The highest BCUT2D eigenvalue weighted by Gasteiger charge is 2.40. The zero-order valence-electron chi connectivity index (χ0n) is 12.8. The highest BCUT2D eigenvalue weighted by molar-refractivity contribution is 7.99. The Labute approximate surface area is 142 Å². The molecule has 5 nitrogen and oxygen atoms in total. The van der Waals surface area contributed by atoms with E-state index in [9.17, 15) is 18.0 Å². The van der Waals surface area contributed by atoms with E-state index in [1.54, 1.807) is 0 Å². The van der Waals surface area contributed by atoms with Gasteiger partial charge in [0, 0.05) is 17.5 Å². The fraction of sp³-hybridized carbons (Fsp3) is 0.467. The number of carbonyl (C=O) groups is 1. The van der Waals surface area contributed by atoms with Crippen LogP contribution in [0.3, 0.4) is 0 Å². The van der Waals surface area contributed by atoms with Crippen LogP contribution < -0.4 is 11.5 Å². The van der Waals surface area contributed by atoms with Crippen molar-refractivity contribution < 1.29 is 23.1 Å². The zero-order valence-corrected chi connectivity index (χ0v) is 13.7. The normalized spacial score (nSPS) is 14.2. The molecule has 2 unspecified atom stereocenters. The first kappa shape index (κ1) is 20.3. The lowest BCUT2D eigenvalue weighted by atomic mass is 9.94. The van der Waals surface area contributed by atoms with Gasteiger partial charge in [0.25, 0.3) is 0 Å². The van der Waals surface area contributed by atoms with Gasteiger partial charge in [-0.05, 0) is 42.0 Å². The molecule has 134 valence electrons. The second-order valence-electron chi connectivity index (χ2n) is 5.26. The minimum absolute atomic E-state index is 0.0676. The molecule has 2 atom stereocenters. The van der Waals surface area contributed by atoms with Gasteiger partial charge in [0.15, 0.2) is 0 Å². The number of rotatable bonds is 9. The van der Waals surface area contributed by atoms with E-state index in [1.807, 2.05) is 0 Å². The van der Waals surface area contributed by atoms with E-state index in [2.05, 4.69) is 0 Å². The molecular formula is C15H20F3N3O2S. The molecule has 6 N–H and O–H groups in total. The number of nitrogens with one attached hydrogen (secondary N) is 1. The molecule has 1 rings (SSSR count). The maximum atomic E-state index is 13.3. The van der Waals surface area contributed by atoms with Crippen molar-refractivity contribution in [2.24, 2.45) is 5.73 Å². The van der Waals surface area contributed by atoms with Crippen LogP contribution in [0.5, 0.6) is 0 Å². The Morgan fingerprint density at radius 2 is 1.96 bits per heavy atom. The number of hydrogen-bond donors (Lipinski definition) is 4. The number of aliphatic carboxylic acids is 1. The molecular weight excluding hydrogens is 343 g/mol. The second-order valence-corrected chi connectivity index (χ2v) is 6.49. The quantitative estimate of drug-likeness (QED) is 0.306. The molecule has 9 heteroatoms. The number of carboxylic acid groups (broad SMARTS) is 1. The number of hydrogen-bond acceptors (Lipinski definition) is 5. The third-order valence-electron chi connectivity index (χ3n) is 3.51. The van der Waals surface area contributed by atoms with Gasteiger partial charge < -0.3 is 22.0 Å². The molecule has 24 heavy (non-hydrogen) atoms. The molecule has 0 fully saturated rings. The fourth-order valence-electron chi connectivity index (χ4n) is 2.09. The highest BCUT2D eigenvalue weighted by atomic mass is 32.2. The van der Waals surface area contributed by atoms with Crippen LogP contribution in [0.4, 0.5) is 18.9 Å². The number of thioether (sulfide) groups is 1. The lowest BCUT2D eigenvalue weighted by molar-refractivity contribution is -0.150. The molecule has 0 radical (unpaired) electrons. The van der Waals surface area contributed by atoms with Gasteiger partial charge in [0.05, 0.1) is 5.92 Å². The van der Waals surface area contributed by atoms with E-state index in [-0.39, 0.29) is 35.4 Å². The van der Waals surface area contributed by atoms with Gasteiger partial charge in [-0.1, -0.05) is 6.07 Å². The van der Waals surface area contributed by atoms with E-state index in [0.29, 0.717) is 5.75 Å². The lowest BCUT2D eigenvalue weighted by Crippen LogP contribution is -2.30. The zero-order chi connectivity index (χ0) is 18.3. The van der Waals surface area contributed by atoms with Crippen molar-refractivity contribution in [1.29, 1.82) is 5.41 Å². The predicted molar refractivity (Wildman–Crippen MR) is 89.7 cm³/mol. The van der Waals surface area contributed by atoms with Crippen molar-refractivity contribution >= 4 is 29.6 Å². The van der Waals surface area contributed by atoms with Gasteiger partial charge >= 0.3 is 12.1 Å². The minimum Gasteiger partial charge on any atom is -0.480 e. The van der Waals surface area contributed by atoms with Crippen LogP contribution in [0.25, 0.3) is 0 Å². The summed E-state index contributed by atoms with van der Waals surface area (Å²) in [4.78, 5) is 10.6. The summed E-state index contributed by atoms with van der Waals surface area (Å²) in [6.45, 7) is 0. The molecule has 0 aliphatic carbocycles. The number of halogens is 3. The fourth-order valence-corrected chi connectivity index (χ4v) is 3.12. The topological polar surface area (TPSA) is 113 Å². The van der Waals surface area contributed by atoms with Crippen molar-refractivity contribution in [3.05, 3.63) is 29.3 Å². The van der Waals surface area contributed by atoms with Crippen molar-refractivity contribution in [3.8, 4) is 0 Å². The Kier molecular flexibility index (Phi) is 7.56. The van der Waals surface area contributed by atoms with Gasteiger partial charge in [-0.25, -0.2) is 0 Å². The monoisotopic (exact) mass is 363 g/mol. The average Bonchev–Trinajstić information content (AvgIpc) is 2.50. The molecule has 0 aliphatic rings. The minimum atomic E-state index is -4.41. The van der Waals surface area contributed by atoms with E-state index in [4.69, 9.17) is 22.0 Å². The number of anilines is 1. The van der Waals surface area contributed by atoms with Crippen LogP contribution >= 0.6 is 11.8 Å². The number of benzene rings is 1. The Morgan fingerprint density at radius 3 is 2.50 bits per heavy atom. The van der Waals surface area contributed by atoms with Crippen molar-refractivity contribution in [1.82, 2.24) is 0 Å². The summed E-state index contributed by atoms with van der Waals surface area (Å²) >= 11 is 1.24. The van der Waals surface area contributed by atoms with Gasteiger partial charge in [0.1, 0.15) is 6.04 Å². The number of carboxylic acids is 1. The molecule has 0 spiro atoms. The first-order chi connectivity index (χ1) is 11.2. The Balaban J connectivity index is 2.68. The summed E-state index contributed by atoms with van der Waals surface area (Å²) in [6, 6.07) is 2.98. The van der Waals surface area contributed by atoms with Crippen LogP contribution in [-0.4, -0.2) is 41.0 Å².